The highest BCUT2D eigenvalue weighted by molar-refractivity contribution is 6.31. The number of rotatable bonds is 6. The number of pyridine rings is 1. The fourth-order valence-electron chi connectivity index (χ4n) is 3.23. The molecule has 0 spiro atoms. The minimum atomic E-state index is -0.338. The third-order valence-corrected chi connectivity index (χ3v) is 5.00. The van der Waals surface area contributed by atoms with Crippen LogP contribution in [0.5, 0.6) is 0 Å². The zero-order valence-electron chi connectivity index (χ0n) is 15.8. The predicted molar refractivity (Wildman–Crippen MR) is 109 cm³/mol. The number of aryl methyl sites for hydroxylation is 1. The van der Waals surface area contributed by atoms with E-state index in [1.807, 2.05) is 62.4 Å². The van der Waals surface area contributed by atoms with Crippen molar-refractivity contribution < 1.29 is 9.53 Å². The lowest BCUT2D eigenvalue weighted by atomic mass is 10.0. The number of para-hydroxylation sites is 1. The second kappa shape index (κ2) is 8.51. The van der Waals surface area contributed by atoms with Crippen molar-refractivity contribution in [2.75, 3.05) is 6.61 Å². The van der Waals surface area contributed by atoms with E-state index in [0.717, 1.165) is 22.0 Å². The molecule has 0 saturated carbocycles. The van der Waals surface area contributed by atoms with Crippen molar-refractivity contribution in [3.63, 3.8) is 0 Å². The molecule has 4 nitrogen and oxygen atoms in total. The summed E-state index contributed by atoms with van der Waals surface area (Å²) in [5, 5.41) is 5.11. The van der Waals surface area contributed by atoms with Gasteiger partial charge >= 0.3 is 5.97 Å². The van der Waals surface area contributed by atoms with Gasteiger partial charge in [0.25, 0.3) is 0 Å². The van der Waals surface area contributed by atoms with Crippen molar-refractivity contribution in [1.29, 1.82) is 0 Å². The number of hydrogen-bond acceptors (Lipinski definition) is 4. The summed E-state index contributed by atoms with van der Waals surface area (Å²) >= 11 is 6.30. The number of nitrogens with one attached hydrogen (secondary N) is 1. The van der Waals surface area contributed by atoms with Gasteiger partial charge in [-0.25, -0.2) is 4.79 Å². The van der Waals surface area contributed by atoms with Gasteiger partial charge in [0.2, 0.25) is 0 Å². The number of carbonyl (C=O) groups excluding carboxylic acids is 1. The molecule has 0 aliphatic carbocycles. The number of carbonyl (C=O) groups is 1. The first-order valence-corrected chi connectivity index (χ1v) is 9.43. The Morgan fingerprint density at radius 2 is 1.89 bits per heavy atom. The summed E-state index contributed by atoms with van der Waals surface area (Å²) in [6.45, 7) is 6.55. The van der Waals surface area contributed by atoms with Gasteiger partial charge in [-0.3, -0.25) is 4.98 Å². The summed E-state index contributed by atoms with van der Waals surface area (Å²) in [6, 6.07) is 15.6. The Kier molecular flexibility index (Phi) is 6.09. The minimum Gasteiger partial charge on any atom is -0.462 e. The van der Waals surface area contributed by atoms with Crippen LogP contribution in [0, 0.1) is 6.92 Å². The number of esters is 1. The van der Waals surface area contributed by atoms with Gasteiger partial charge in [0.15, 0.2) is 0 Å². The third-order valence-electron chi connectivity index (χ3n) is 4.65. The zero-order chi connectivity index (χ0) is 19.4. The molecule has 1 atom stereocenters. The number of benzene rings is 2. The number of halogens is 1. The van der Waals surface area contributed by atoms with Crippen LogP contribution in [-0.2, 0) is 11.3 Å². The van der Waals surface area contributed by atoms with Crippen LogP contribution in [0.3, 0.4) is 0 Å². The molecule has 3 aromatic rings. The maximum absolute atomic E-state index is 12.6. The van der Waals surface area contributed by atoms with Crippen LogP contribution < -0.4 is 5.32 Å². The molecule has 1 aromatic heterocycles. The van der Waals surface area contributed by atoms with E-state index in [1.54, 1.807) is 6.92 Å². The second-order valence-electron chi connectivity index (χ2n) is 6.42. The van der Waals surface area contributed by atoms with Gasteiger partial charge in [0, 0.05) is 23.0 Å². The van der Waals surface area contributed by atoms with E-state index < -0.39 is 0 Å². The van der Waals surface area contributed by atoms with Gasteiger partial charge in [0.1, 0.15) is 0 Å². The van der Waals surface area contributed by atoms with Crippen LogP contribution in [0.4, 0.5) is 0 Å². The molecule has 0 unspecified atom stereocenters. The smallest absolute Gasteiger partial charge is 0.340 e. The highest BCUT2D eigenvalue weighted by Gasteiger charge is 2.20. The number of hydrogen-bond donors (Lipinski definition) is 1. The number of aromatic nitrogens is 1. The fourth-order valence-corrected chi connectivity index (χ4v) is 3.53. The van der Waals surface area contributed by atoms with Gasteiger partial charge in [-0.1, -0.05) is 48.0 Å². The highest BCUT2D eigenvalue weighted by atomic mass is 35.5. The Bertz CT molecular complexity index is 972. The topological polar surface area (TPSA) is 51.2 Å². The molecule has 3 rings (SSSR count). The van der Waals surface area contributed by atoms with E-state index in [9.17, 15) is 4.79 Å². The molecule has 1 heterocycles. The Balaban J connectivity index is 1.96. The van der Waals surface area contributed by atoms with E-state index in [-0.39, 0.29) is 12.0 Å². The summed E-state index contributed by atoms with van der Waals surface area (Å²) in [4.78, 5) is 17.3. The molecule has 0 aliphatic rings. The molecule has 0 fully saturated rings. The standard InChI is InChI=1S/C22H23ClN2O2/c1-4-27-22(26)21-14(2)16-9-6-8-12-19(16)25-20(21)13-24-15(3)17-10-5-7-11-18(17)23/h5-12,15,24H,4,13H2,1-3H3/t15-/m0/s1. The van der Waals surface area contributed by atoms with Crippen molar-refractivity contribution in [2.45, 2.75) is 33.4 Å². The Hall–Kier alpha value is -2.43. The van der Waals surface area contributed by atoms with Crippen molar-refractivity contribution in [1.82, 2.24) is 10.3 Å². The van der Waals surface area contributed by atoms with Crippen molar-refractivity contribution >= 4 is 28.5 Å². The van der Waals surface area contributed by atoms with E-state index in [0.29, 0.717) is 29.4 Å². The summed E-state index contributed by atoms with van der Waals surface area (Å²) in [5.41, 5.74) is 3.99. The van der Waals surface area contributed by atoms with Crippen LogP contribution in [-0.4, -0.2) is 17.6 Å². The Morgan fingerprint density at radius 1 is 1.19 bits per heavy atom. The average molecular weight is 383 g/mol. The quantitative estimate of drug-likeness (QED) is 0.593. The largest absolute Gasteiger partial charge is 0.462 e. The maximum Gasteiger partial charge on any atom is 0.340 e. The lowest BCUT2D eigenvalue weighted by Crippen LogP contribution is -2.22. The molecule has 1 N–H and O–H groups in total. The molecular formula is C22H23ClN2O2. The molecular weight excluding hydrogens is 360 g/mol. The monoisotopic (exact) mass is 382 g/mol. The van der Waals surface area contributed by atoms with Crippen molar-refractivity contribution in [2.24, 2.45) is 0 Å². The van der Waals surface area contributed by atoms with Crippen LogP contribution in [0.1, 0.15) is 47.1 Å². The zero-order valence-corrected chi connectivity index (χ0v) is 16.5. The van der Waals surface area contributed by atoms with Crippen LogP contribution >= 0.6 is 11.6 Å². The summed E-state index contributed by atoms with van der Waals surface area (Å²) < 4.78 is 5.28. The molecule has 0 aliphatic heterocycles. The molecule has 0 radical (unpaired) electrons. The molecule has 0 saturated heterocycles. The van der Waals surface area contributed by atoms with Crippen LogP contribution in [0.25, 0.3) is 10.9 Å². The van der Waals surface area contributed by atoms with E-state index in [4.69, 9.17) is 21.3 Å². The first kappa shape index (κ1) is 19.3. The minimum absolute atomic E-state index is 0.0160. The summed E-state index contributed by atoms with van der Waals surface area (Å²) in [5.74, 6) is -0.338. The molecule has 2 aromatic carbocycles. The molecule has 27 heavy (non-hydrogen) atoms. The fraction of sp³-hybridized carbons (Fsp3) is 0.273. The predicted octanol–water partition coefficient (Wildman–Crippen LogP) is 5.22. The second-order valence-corrected chi connectivity index (χ2v) is 6.83. The van der Waals surface area contributed by atoms with Gasteiger partial charge in [0.05, 0.1) is 23.4 Å². The lowest BCUT2D eigenvalue weighted by molar-refractivity contribution is 0.0523. The number of ether oxygens (including phenoxy) is 1. The van der Waals surface area contributed by atoms with E-state index >= 15 is 0 Å². The third kappa shape index (κ3) is 4.12. The number of nitrogens with zero attached hydrogens (tertiary/aromatic N) is 1. The Morgan fingerprint density at radius 3 is 2.63 bits per heavy atom. The number of fused-ring (bicyclic) bond motifs is 1. The van der Waals surface area contributed by atoms with Crippen LogP contribution in [0.2, 0.25) is 5.02 Å². The normalized spacial score (nSPS) is 12.1. The van der Waals surface area contributed by atoms with E-state index in [1.165, 1.54) is 0 Å². The summed E-state index contributed by atoms with van der Waals surface area (Å²) in [6.07, 6.45) is 0. The highest BCUT2D eigenvalue weighted by Crippen LogP contribution is 2.26. The van der Waals surface area contributed by atoms with Crippen molar-refractivity contribution in [3.05, 3.63) is 75.9 Å². The van der Waals surface area contributed by atoms with Gasteiger partial charge < -0.3 is 10.1 Å². The van der Waals surface area contributed by atoms with Crippen molar-refractivity contribution in [3.8, 4) is 0 Å². The first-order valence-electron chi connectivity index (χ1n) is 9.06. The lowest BCUT2D eigenvalue weighted by Gasteiger charge is -2.18. The van der Waals surface area contributed by atoms with Crippen LogP contribution in [0.15, 0.2) is 48.5 Å². The van der Waals surface area contributed by atoms with E-state index in [2.05, 4.69) is 5.32 Å². The van der Waals surface area contributed by atoms with Gasteiger partial charge in [-0.15, -0.1) is 0 Å². The SMILES string of the molecule is CCOC(=O)c1c(CN[C@@H](C)c2ccccc2Cl)nc2ccccc2c1C. The average Bonchev–Trinajstić information content (AvgIpc) is 2.66. The molecule has 0 bridgehead atoms. The molecule has 0 amide bonds. The summed E-state index contributed by atoms with van der Waals surface area (Å²) in [7, 11) is 0. The van der Waals surface area contributed by atoms with Gasteiger partial charge in [-0.2, -0.15) is 0 Å². The first-order chi connectivity index (χ1) is 13.0. The molecule has 140 valence electrons. The molecule has 5 heteroatoms. The Labute approximate surface area is 164 Å². The van der Waals surface area contributed by atoms with Gasteiger partial charge in [-0.05, 0) is 44.0 Å². The maximum atomic E-state index is 12.6.